The fraction of sp³-hybridized carbons (Fsp3) is 0.158. The zero-order valence-corrected chi connectivity index (χ0v) is 25.0. The third-order valence-corrected chi connectivity index (χ3v) is 9.84. The van der Waals surface area contributed by atoms with Crippen molar-refractivity contribution in [2.75, 3.05) is 12.4 Å². The number of fused-ring (bicyclic) bond motifs is 3. The highest BCUT2D eigenvalue weighted by molar-refractivity contribution is 8.00. The number of benzene rings is 5. The van der Waals surface area contributed by atoms with Gasteiger partial charge in [-0.1, -0.05) is 140 Å². The van der Waals surface area contributed by atoms with E-state index in [1.807, 2.05) is 78.9 Å². The van der Waals surface area contributed by atoms with Gasteiger partial charge >= 0.3 is 12.1 Å². The summed E-state index contributed by atoms with van der Waals surface area (Å²) in [5, 5.41) is 12.7. The largest absolute Gasteiger partial charge is 0.481 e. The Kier molecular flexibility index (Phi) is 8.80. The van der Waals surface area contributed by atoms with E-state index in [9.17, 15) is 14.7 Å². The zero-order chi connectivity index (χ0) is 30.4. The first-order chi connectivity index (χ1) is 21.6. The lowest BCUT2D eigenvalue weighted by atomic mass is 9.84. The molecule has 220 valence electrons. The van der Waals surface area contributed by atoms with Crippen LogP contribution in [0.15, 0.2) is 140 Å². The first-order valence-corrected chi connectivity index (χ1v) is 15.7. The minimum atomic E-state index is -0.987. The first kappa shape index (κ1) is 29.3. The van der Waals surface area contributed by atoms with Crippen LogP contribution in [-0.4, -0.2) is 35.6 Å². The molecule has 0 bridgehead atoms. The zero-order valence-electron chi connectivity index (χ0n) is 24.1. The van der Waals surface area contributed by atoms with Gasteiger partial charge in [-0.25, -0.2) is 4.79 Å². The molecule has 1 unspecified atom stereocenters. The summed E-state index contributed by atoms with van der Waals surface area (Å²) in [4.78, 5) is 25.2. The fourth-order valence-corrected chi connectivity index (χ4v) is 7.72. The van der Waals surface area contributed by atoms with Crippen molar-refractivity contribution in [3.8, 4) is 11.1 Å². The summed E-state index contributed by atoms with van der Waals surface area (Å²) in [6.07, 6.45) is -0.852. The van der Waals surface area contributed by atoms with Crippen molar-refractivity contribution < 1.29 is 19.4 Å². The minimum absolute atomic E-state index is 0.0812. The van der Waals surface area contributed by atoms with Gasteiger partial charge < -0.3 is 15.2 Å². The Labute approximate surface area is 261 Å². The highest BCUT2D eigenvalue weighted by Gasteiger charge is 2.38. The molecule has 0 saturated carbocycles. The molecule has 0 radical (unpaired) electrons. The molecule has 44 heavy (non-hydrogen) atoms. The maximum absolute atomic E-state index is 13.2. The molecular weight excluding hydrogens is 566 g/mol. The van der Waals surface area contributed by atoms with Crippen LogP contribution in [0.1, 0.15) is 40.2 Å². The third kappa shape index (κ3) is 5.99. The maximum atomic E-state index is 13.2. The van der Waals surface area contributed by atoms with Crippen molar-refractivity contribution in [2.24, 2.45) is 0 Å². The summed E-state index contributed by atoms with van der Waals surface area (Å²) in [5.41, 5.74) is 7.75. The van der Waals surface area contributed by atoms with Gasteiger partial charge in [0.25, 0.3) is 0 Å². The number of hydrogen-bond acceptors (Lipinski definition) is 4. The molecule has 0 aliphatic heterocycles. The molecule has 0 spiro atoms. The molecule has 6 rings (SSSR count). The molecule has 1 aliphatic carbocycles. The van der Waals surface area contributed by atoms with Gasteiger partial charge in [-0.2, -0.15) is 0 Å². The number of alkyl carbamates (subject to hydrolysis) is 1. The smallest absolute Gasteiger partial charge is 0.407 e. The standard InChI is InChI=1S/C38H33NO4S/c40-36(41)24-30(39-37(42)43-25-35-33-22-12-10-20-31(33)32-21-11-13-23-34(32)35)26-44-38(27-14-4-1-5-15-27,28-16-6-2-7-17-28)29-18-8-3-9-19-29/h1-23,30,35H,24-26H2,(H,39,42)(H,40,41). The van der Waals surface area contributed by atoms with Crippen LogP contribution >= 0.6 is 11.8 Å². The Morgan fingerprint density at radius 3 is 1.57 bits per heavy atom. The number of ether oxygens (including phenoxy) is 1. The SMILES string of the molecule is O=C(O)CC(CSC(c1ccccc1)(c1ccccc1)c1ccccc1)NC(=O)OCC1c2ccccc2-c2ccccc21. The summed E-state index contributed by atoms with van der Waals surface area (Å²) in [6.45, 7) is 0.161. The third-order valence-electron chi connectivity index (χ3n) is 8.13. The van der Waals surface area contributed by atoms with Crippen LogP contribution in [0.3, 0.4) is 0 Å². The van der Waals surface area contributed by atoms with E-state index >= 15 is 0 Å². The number of carbonyl (C=O) groups is 2. The van der Waals surface area contributed by atoms with Crippen molar-refractivity contribution in [1.82, 2.24) is 5.32 Å². The molecule has 5 nitrogen and oxygen atoms in total. The van der Waals surface area contributed by atoms with Crippen molar-refractivity contribution in [3.63, 3.8) is 0 Å². The number of rotatable bonds is 11. The second-order valence-corrected chi connectivity index (χ2v) is 12.1. The number of amides is 1. The monoisotopic (exact) mass is 599 g/mol. The van der Waals surface area contributed by atoms with E-state index in [1.54, 1.807) is 11.8 Å². The molecule has 0 aromatic heterocycles. The van der Waals surface area contributed by atoms with Crippen molar-refractivity contribution >= 4 is 23.8 Å². The lowest BCUT2D eigenvalue weighted by molar-refractivity contribution is -0.137. The highest BCUT2D eigenvalue weighted by Crippen LogP contribution is 2.49. The van der Waals surface area contributed by atoms with Crippen molar-refractivity contribution in [1.29, 1.82) is 0 Å². The number of nitrogens with one attached hydrogen (secondary N) is 1. The van der Waals surface area contributed by atoms with E-state index in [2.05, 4.69) is 66.0 Å². The van der Waals surface area contributed by atoms with E-state index in [1.165, 1.54) is 0 Å². The molecule has 6 heteroatoms. The van der Waals surface area contributed by atoms with E-state index in [4.69, 9.17) is 4.74 Å². The first-order valence-electron chi connectivity index (χ1n) is 14.7. The van der Waals surface area contributed by atoms with Crippen LogP contribution in [-0.2, 0) is 14.3 Å². The predicted molar refractivity (Wildman–Crippen MR) is 176 cm³/mol. The summed E-state index contributed by atoms with van der Waals surface area (Å²) in [7, 11) is 0. The Balaban J connectivity index is 1.24. The van der Waals surface area contributed by atoms with Crippen LogP contribution < -0.4 is 5.32 Å². The quantitative estimate of drug-likeness (QED) is 0.150. The van der Waals surface area contributed by atoms with Gasteiger partial charge in [-0.3, -0.25) is 4.79 Å². The Hall–Kier alpha value is -4.81. The highest BCUT2D eigenvalue weighted by atomic mass is 32.2. The number of carboxylic acids is 1. The lowest BCUT2D eigenvalue weighted by Gasteiger charge is -2.36. The average molecular weight is 600 g/mol. The molecule has 1 atom stereocenters. The summed E-state index contributed by atoms with van der Waals surface area (Å²) in [5.74, 6) is -0.726. The second-order valence-electron chi connectivity index (χ2n) is 10.9. The van der Waals surface area contributed by atoms with E-state index in [0.717, 1.165) is 38.9 Å². The fourth-order valence-electron chi connectivity index (χ4n) is 6.16. The van der Waals surface area contributed by atoms with Gasteiger partial charge in [0.1, 0.15) is 6.61 Å². The van der Waals surface area contributed by atoms with E-state index < -0.39 is 22.9 Å². The molecule has 0 saturated heterocycles. The van der Waals surface area contributed by atoms with Gasteiger partial charge in [0.15, 0.2) is 0 Å². The molecule has 1 amide bonds. The van der Waals surface area contributed by atoms with Gasteiger partial charge in [0.05, 0.1) is 17.2 Å². The number of hydrogen-bond donors (Lipinski definition) is 2. The van der Waals surface area contributed by atoms with Crippen LogP contribution in [0.2, 0.25) is 0 Å². The Bertz CT molecular complexity index is 1580. The number of carboxylic acid groups (broad SMARTS) is 1. The molecular formula is C38H33NO4S. The Morgan fingerprint density at radius 2 is 1.11 bits per heavy atom. The molecule has 5 aromatic carbocycles. The molecule has 5 aromatic rings. The Morgan fingerprint density at radius 1 is 0.682 bits per heavy atom. The van der Waals surface area contributed by atoms with Crippen molar-refractivity contribution in [3.05, 3.63) is 167 Å². The molecule has 0 heterocycles. The summed E-state index contributed by atoms with van der Waals surface area (Å²) < 4.78 is 5.15. The van der Waals surface area contributed by atoms with Crippen molar-refractivity contribution in [2.45, 2.75) is 23.1 Å². The maximum Gasteiger partial charge on any atom is 0.407 e. The summed E-state index contributed by atoms with van der Waals surface area (Å²) >= 11 is 1.61. The number of thioether (sulfide) groups is 1. The van der Waals surface area contributed by atoms with Crippen LogP contribution in [0.25, 0.3) is 11.1 Å². The van der Waals surface area contributed by atoms with Crippen LogP contribution in [0.5, 0.6) is 0 Å². The number of aliphatic carboxylic acids is 1. The van der Waals surface area contributed by atoms with Crippen LogP contribution in [0.4, 0.5) is 4.79 Å². The second kappa shape index (κ2) is 13.2. The van der Waals surface area contributed by atoms with Gasteiger partial charge in [0.2, 0.25) is 0 Å². The molecule has 1 aliphatic rings. The normalized spacial score (nSPS) is 13.0. The molecule has 2 N–H and O–H groups in total. The van der Waals surface area contributed by atoms with Gasteiger partial charge in [0, 0.05) is 11.7 Å². The average Bonchev–Trinajstić information content (AvgIpc) is 3.39. The van der Waals surface area contributed by atoms with Crippen LogP contribution in [0, 0.1) is 0 Å². The summed E-state index contributed by atoms with van der Waals surface area (Å²) in [6, 6.07) is 46.3. The molecule has 0 fully saturated rings. The van der Waals surface area contributed by atoms with E-state index in [0.29, 0.717) is 5.75 Å². The number of carbonyl (C=O) groups excluding carboxylic acids is 1. The van der Waals surface area contributed by atoms with E-state index in [-0.39, 0.29) is 18.9 Å². The van der Waals surface area contributed by atoms with Gasteiger partial charge in [-0.15, -0.1) is 11.8 Å². The minimum Gasteiger partial charge on any atom is -0.481 e. The lowest BCUT2D eigenvalue weighted by Crippen LogP contribution is -2.40. The predicted octanol–water partition coefficient (Wildman–Crippen LogP) is 8.09. The van der Waals surface area contributed by atoms with Gasteiger partial charge in [-0.05, 0) is 38.9 Å². The topological polar surface area (TPSA) is 75.6 Å².